The van der Waals surface area contributed by atoms with Gasteiger partial charge in [0.05, 0.1) is 11.9 Å². The van der Waals surface area contributed by atoms with Crippen LogP contribution in [0.5, 0.6) is 0 Å². The number of rotatable bonds is 5. The van der Waals surface area contributed by atoms with E-state index >= 15 is 0 Å². The maximum Gasteiger partial charge on any atom is 0.193 e. The lowest BCUT2D eigenvalue weighted by atomic mass is 10.2. The summed E-state index contributed by atoms with van der Waals surface area (Å²) in [5, 5.41) is 11.7. The zero-order chi connectivity index (χ0) is 14.3. The molecule has 19 heavy (non-hydrogen) atoms. The van der Waals surface area contributed by atoms with Gasteiger partial charge >= 0.3 is 0 Å². The smallest absolute Gasteiger partial charge is 0.193 e. The van der Waals surface area contributed by atoms with Gasteiger partial charge in [-0.1, -0.05) is 5.16 Å². The SMILES string of the molecule is CCO/N=C/c1cc(CN(C)C(=N)N(C)C)ccn1. The fraction of sp³-hybridized carbons (Fsp3) is 0.462. The van der Waals surface area contributed by atoms with Crippen LogP contribution in [0.25, 0.3) is 0 Å². The van der Waals surface area contributed by atoms with Crippen LogP contribution in [0, 0.1) is 5.41 Å². The van der Waals surface area contributed by atoms with Gasteiger partial charge in [-0.25, -0.2) is 0 Å². The summed E-state index contributed by atoms with van der Waals surface area (Å²) in [5.41, 5.74) is 1.82. The highest BCUT2D eigenvalue weighted by molar-refractivity contribution is 5.77. The molecule has 0 bridgehead atoms. The minimum absolute atomic E-state index is 0.460. The lowest BCUT2D eigenvalue weighted by Gasteiger charge is -2.24. The Bertz CT molecular complexity index is 444. The maximum atomic E-state index is 7.88. The van der Waals surface area contributed by atoms with Crippen LogP contribution in [0.4, 0.5) is 0 Å². The van der Waals surface area contributed by atoms with Crippen LogP contribution in [0.15, 0.2) is 23.5 Å². The van der Waals surface area contributed by atoms with Crippen molar-refractivity contribution in [1.29, 1.82) is 5.41 Å². The number of pyridine rings is 1. The average molecular weight is 263 g/mol. The molecule has 1 N–H and O–H groups in total. The zero-order valence-electron chi connectivity index (χ0n) is 11.9. The Labute approximate surface area is 114 Å². The normalized spacial score (nSPS) is 10.5. The Morgan fingerprint density at radius 1 is 1.47 bits per heavy atom. The number of aromatic nitrogens is 1. The van der Waals surface area contributed by atoms with Crippen molar-refractivity contribution in [2.75, 3.05) is 27.7 Å². The number of guanidine groups is 1. The first kappa shape index (κ1) is 14.9. The molecule has 1 heterocycles. The topological polar surface area (TPSA) is 64.8 Å². The van der Waals surface area contributed by atoms with Gasteiger partial charge in [0.15, 0.2) is 5.96 Å². The van der Waals surface area contributed by atoms with E-state index in [4.69, 9.17) is 10.2 Å². The van der Waals surface area contributed by atoms with Gasteiger partial charge in [0.1, 0.15) is 6.61 Å². The molecule has 0 radical (unpaired) electrons. The monoisotopic (exact) mass is 263 g/mol. The molecule has 0 aliphatic heterocycles. The van der Waals surface area contributed by atoms with Crippen LogP contribution in [0.3, 0.4) is 0 Å². The lowest BCUT2D eigenvalue weighted by Crippen LogP contribution is -2.36. The van der Waals surface area contributed by atoms with E-state index in [0.717, 1.165) is 11.3 Å². The predicted octanol–water partition coefficient (Wildman–Crippen LogP) is 1.38. The van der Waals surface area contributed by atoms with E-state index in [9.17, 15) is 0 Å². The molecule has 0 aliphatic carbocycles. The molecule has 1 rings (SSSR count). The Hall–Kier alpha value is -2.11. The van der Waals surface area contributed by atoms with Crippen molar-refractivity contribution in [3.8, 4) is 0 Å². The van der Waals surface area contributed by atoms with Crippen molar-refractivity contribution in [1.82, 2.24) is 14.8 Å². The molecule has 0 fully saturated rings. The molecular weight excluding hydrogens is 242 g/mol. The summed E-state index contributed by atoms with van der Waals surface area (Å²) in [6.07, 6.45) is 3.32. The van der Waals surface area contributed by atoms with Gasteiger partial charge in [0.2, 0.25) is 0 Å². The number of hydrogen-bond acceptors (Lipinski definition) is 4. The van der Waals surface area contributed by atoms with Gasteiger partial charge in [0.25, 0.3) is 0 Å². The summed E-state index contributed by atoms with van der Waals surface area (Å²) in [7, 11) is 5.59. The second-order valence-electron chi connectivity index (χ2n) is 4.32. The summed E-state index contributed by atoms with van der Waals surface area (Å²) in [5.74, 6) is 0.460. The molecular formula is C13H21N5O. The molecule has 6 nitrogen and oxygen atoms in total. The molecule has 0 amide bonds. The van der Waals surface area contributed by atoms with Crippen molar-refractivity contribution in [2.24, 2.45) is 5.16 Å². The third kappa shape index (κ3) is 4.95. The van der Waals surface area contributed by atoms with Crippen molar-refractivity contribution in [3.05, 3.63) is 29.6 Å². The van der Waals surface area contributed by atoms with Crippen LogP contribution in [0.2, 0.25) is 0 Å². The molecule has 104 valence electrons. The van der Waals surface area contributed by atoms with Crippen molar-refractivity contribution in [3.63, 3.8) is 0 Å². The van der Waals surface area contributed by atoms with Crippen LogP contribution in [0.1, 0.15) is 18.2 Å². The third-order valence-electron chi connectivity index (χ3n) is 2.44. The van der Waals surface area contributed by atoms with Crippen LogP contribution < -0.4 is 0 Å². The highest BCUT2D eigenvalue weighted by atomic mass is 16.6. The van der Waals surface area contributed by atoms with Crippen LogP contribution >= 0.6 is 0 Å². The average Bonchev–Trinajstić information content (AvgIpc) is 2.38. The first-order chi connectivity index (χ1) is 9.04. The Morgan fingerprint density at radius 2 is 2.21 bits per heavy atom. The first-order valence-electron chi connectivity index (χ1n) is 6.12. The highest BCUT2D eigenvalue weighted by Crippen LogP contribution is 2.05. The number of hydrogen-bond donors (Lipinski definition) is 1. The zero-order valence-corrected chi connectivity index (χ0v) is 11.9. The van der Waals surface area contributed by atoms with Gasteiger partial charge in [-0.2, -0.15) is 0 Å². The lowest BCUT2D eigenvalue weighted by molar-refractivity contribution is 0.160. The summed E-state index contributed by atoms with van der Waals surface area (Å²) in [6.45, 7) is 3.07. The van der Waals surface area contributed by atoms with Gasteiger partial charge in [0, 0.05) is 33.9 Å². The highest BCUT2D eigenvalue weighted by Gasteiger charge is 2.07. The largest absolute Gasteiger partial charge is 0.396 e. The number of nitrogens with zero attached hydrogens (tertiary/aromatic N) is 4. The second-order valence-corrected chi connectivity index (χ2v) is 4.32. The first-order valence-corrected chi connectivity index (χ1v) is 6.12. The standard InChI is InChI=1S/C13H21N5O/c1-5-19-16-9-12-8-11(6-7-15-12)10-18(4)13(14)17(2)3/h6-9,14H,5,10H2,1-4H3/b14-13?,16-9+. The molecule has 0 unspecified atom stereocenters. The maximum absolute atomic E-state index is 7.88. The summed E-state index contributed by atoms with van der Waals surface area (Å²) in [4.78, 5) is 12.7. The Morgan fingerprint density at radius 3 is 2.84 bits per heavy atom. The van der Waals surface area contributed by atoms with E-state index in [0.29, 0.717) is 19.1 Å². The van der Waals surface area contributed by atoms with Gasteiger partial charge in [-0.3, -0.25) is 10.4 Å². The minimum Gasteiger partial charge on any atom is -0.396 e. The molecule has 1 aromatic rings. The fourth-order valence-corrected chi connectivity index (χ4v) is 1.52. The summed E-state index contributed by atoms with van der Waals surface area (Å²) in [6, 6.07) is 3.86. The molecule has 1 aromatic heterocycles. The Kier molecular flexibility index (Phi) is 5.78. The molecule has 0 saturated carbocycles. The summed E-state index contributed by atoms with van der Waals surface area (Å²) < 4.78 is 0. The van der Waals surface area contributed by atoms with Gasteiger partial charge < -0.3 is 14.6 Å². The molecule has 0 saturated heterocycles. The van der Waals surface area contributed by atoms with Crippen molar-refractivity contribution in [2.45, 2.75) is 13.5 Å². The van der Waals surface area contributed by atoms with Gasteiger partial charge in [-0.05, 0) is 24.6 Å². The van der Waals surface area contributed by atoms with E-state index in [1.807, 2.05) is 45.1 Å². The van der Waals surface area contributed by atoms with E-state index in [1.54, 1.807) is 17.3 Å². The molecule has 0 atom stereocenters. The predicted molar refractivity (Wildman–Crippen MR) is 76.3 cm³/mol. The molecule has 0 aromatic carbocycles. The van der Waals surface area contributed by atoms with Gasteiger partial charge in [-0.15, -0.1) is 0 Å². The van der Waals surface area contributed by atoms with E-state index < -0.39 is 0 Å². The second kappa shape index (κ2) is 7.35. The fourth-order valence-electron chi connectivity index (χ4n) is 1.52. The number of oxime groups is 1. The van der Waals surface area contributed by atoms with E-state index in [-0.39, 0.29) is 0 Å². The van der Waals surface area contributed by atoms with E-state index in [1.165, 1.54) is 0 Å². The quantitative estimate of drug-likeness (QED) is 0.495. The van der Waals surface area contributed by atoms with Crippen molar-refractivity contribution < 1.29 is 4.84 Å². The Balaban J connectivity index is 2.69. The molecule has 0 spiro atoms. The van der Waals surface area contributed by atoms with Crippen molar-refractivity contribution >= 4 is 12.2 Å². The minimum atomic E-state index is 0.460. The molecule has 0 aliphatic rings. The van der Waals surface area contributed by atoms with Crippen LogP contribution in [-0.4, -0.2) is 54.7 Å². The third-order valence-corrected chi connectivity index (χ3v) is 2.44. The van der Waals surface area contributed by atoms with E-state index in [2.05, 4.69) is 10.1 Å². The summed E-state index contributed by atoms with van der Waals surface area (Å²) >= 11 is 0. The number of nitrogens with one attached hydrogen (secondary N) is 1. The molecule has 6 heteroatoms. The van der Waals surface area contributed by atoms with Crippen LogP contribution in [-0.2, 0) is 11.4 Å².